The summed E-state index contributed by atoms with van der Waals surface area (Å²) in [5, 5.41) is 18.5. The number of hydrogen-bond acceptors (Lipinski definition) is 6. The number of alkyl carbamates (subject to hydrolysis) is 1. The molecule has 1 saturated carbocycles. The summed E-state index contributed by atoms with van der Waals surface area (Å²) in [5.41, 5.74) is 8.36. The zero-order chi connectivity index (χ0) is 21.6. The second-order valence-corrected chi connectivity index (χ2v) is 8.85. The quantitative estimate of drug-likeness (QED) is 0.334. The molecule has 2 rings (SSSR count). The van der Waals surface area contributed by atoms with Gasteiger partial charge in [0.05, 0.1) is 12.1 Å². The molecule has 0 bridgehead atoms. The summed E-state index contributed by atoms with van der Waals surface area (Å²) >= 11 is 0. The molecule has 29 heavy (non-hydrogen) atoms. The monoisotopic (exact) mass is 409 g/mol. The van der Waals surface area contributed by atoms with Crippen molar-refractivity contribution in [2.75, 3.05) is 6.54 Å². The summed E-state index contributed by atoms with van der Waals surface area (Å²) in [7, 11) is 0. The third kappa shape index (κ3) is 6.61. The molecule has 3 N–H and O–H groups in total. The number of hydrogen-bond donors (Lipinski definition) is 3. The van der Waals surface area contributed by atoms with Crippen LogP contribution in [0.15, 0.2) is 5.11 Å². The number of Topliss-reactive ketones (excluding diaryl/α,β-unsaturated/α-hetero) is 1. The van der Waals surface area contributed by atoms with Crippen LogP contribution in [0.3, 0.4) is 0 Å². The second kappa shape index (κ2) is 9.93. The van der Waals surface area contributed by atoms with Crippen molar-refractivity contribution in [2.24, 2.45) is 17.0 Å². The van der Waals surface area contributed by atoms with Crippen LogP contribution < -0.4 is 10.6 Å². The van der Waals surface area contributed by atoms with Crippen LogP contribution in [-0.4, -0.2) is 53.2 Å². The van der Waals surface area contributed by atoms with Crippen LogP contribution in [0.5, 0.6) is 0 Å². The van der Waals surface area contributed by atoms with Gasteiger partial charge in [-0.05, 0) is 51.5 Å². The Morgan fingerprint density at radius 3 is 2.41 bits per heavy atom. The van der Waals surface area contributed by atoms with Crippen molar-refractivity contribution in [2.45, 2.75) is 83.0 Å². The molecule has 2 fully saturated rings. The molecule has 0 aromatic heterocycles. The van der Waals surface area contributed by atoms with E-state index >= 15 is 0 Å². The Bertz CT molecular complexity index is 664. The molecule has 0 radical (unpaired) electrons. The van der Waals surface area contributed by atoms with Crippen LogP contribution >= 0.6 is 0 Å². The Balaban J connectivity index is 2.25. The summed E-state index contributed by atoms with van der Waals surface area (Å²) in [6.45, 7) is 5.35. The maximum atomic E-state index is 13.3. The highest BCUT2D eigenvalue weighted by Crippen LogP contribution is 2.31. The van der Waals surface area contributed by atoms with Gasteiger partial charge in [-0.1, -0.05) is 24.4 Å². The van der Waals surface area contributed by atoms with E-state index in [4.69, 9.17) is 10.3 Å². The number of nitrogens with zero attached hydrogens (tertiary/aromatic N) is 3. The lowest BCUT2D eigenvalue weighted by Gasteiger charge is -2.34. The molecule has 162 valence electrons. The van der Waals surface area contributed by atoms with Gasteiger partial charge in [0, 0.05) is 17.4 Å². The van der Waals surface area contributed by atoms with Crippen molar-refractivity contribution in [3.63, 3.8) is 0 Å². The van der Waals surface area contributed by atoms with Crippen molar-refractivity contribution in [1.82, 2.24) is 10.6 Å². The number of azide groups is 1. The molecule has 1 aliphatic carbocycles. The summed E-state index contributed by atoms with van der Waals surface area (Å²) in [6.07, 6.45) is 4.03. The summed E-state index contributed by atoms with van der Waals surface area (Å²) in [6, 6.07) is -2.59. The highest BCUT2D eigenvalue weighted by atomic mass is 16.6. The number of nitrogens with one attached hydrogen (secondary N) is 2. The molecule has 1 heterocycles. The Kier molecular flexibility index (Phi) is 7.87. The summed E-state index contributed by atoms with van der Waals surface area (Å²) in [5.74, 6) is -1.95. The molecule has 10 nitrogen and oxygen atoms in total. The minimum atomic E-state index is -1.05. The number of carbonyl (C=O) groups is 3. The third-order valence-electron chi connectivity index (χ3n) is 5.47. The number of carboxylic acids is 1. The first-order chi connectivity index (χ1) is 13.6. The lowest BCUT2D eigenvalue weighted by atomic mass is 9.78. The highest BCUT2D eigenvalue weighted by molar-refractivity contribution is 5.91. The van der Waals surface area contributed by atoms with Gasteiger partial charge in [0.15, 0.2) is 5.78 Å². The van der Waals surface area contributed by atoms with Crippen LogP contribution in [0.25, 0.3) is 10.4 Å². The van der Waals surface area contributed by atoms with Gasteiger partial charge in [0.1, 0.15) is 11.6 Å². The van der Waals surface area contributed by atoms with Gasteiger partial charge in [-0.2, -0.15) is 0 Å². The molecule has 2 unspecified atom stereocenters. The summed E-state index contributed by atoms with van der Waals surface area (Å²) in [4.78, 5) is 39.9. The number of rotatable bonds is 7. The third-order valence-corrected chi connectivity index (χ3v) is 5.47. The lowest BCUT2D eigenvalue weighted by Crippen LogP contribution is -2.53. The van der Waals surface area contributed by atoms with Crippen LogP contribution in [0.4, 0.5) is 4.79 Å². The molecule has 4 atom stereocenters. The fourth-order valence-electron chi connectivity index (χ4n) is 4.12. The fourth-order valence-corrected chi connectivity index (χ4v) is 4.12. The first-order valence-electron chi connectivity index (χ1n) is 10.2. The van der Waals surface area contributed by atoms with Gasteiger partial charge in [0.25, 0.3) is 0 Å². The standard InChI is InChI=1S/C19H31N5O5/c1-19(2,3)29-18(28)22-15(14(23-24-20)11-7-5-4-6-8-11)16(25)12-9-13(17(26)27)21-10-12/h11-15,21H,4-10H2,1-3H3,(H,22,28)(H,26,27)/t12-,13-,14?,15?/m0/s1. The van der Waals surface area contributed by atoms with E-state index < -0.39 is 41.7 Å². The molecule has 0 aromatic carbocycles. The maximum Gasteiger partial charge on any atom is 0.408 e. The van der Waals surface area contributed by atoms with Crippen molar-refractivity contribution in [3.05, 3.63) is 10.4 Å². The largest absolute Gasteiger partial charge is 0.480 e. The van der Waals surface area contributed by atoms with E-state index in [1.807, 2.05) is 0 Å². The molecule has 10 heteroatoms. The zero-order valence-corrected chi connectivity index (χ0v) is 17.3. The Hall–Kier alpha value is -2.32. The molecule has 0 spiro atoms. The molecule has 1 saturated heterocycles. The predicted molar refractivity (Wildman–Crippen MR) is 105 cm³/mol. The first kappa shape index (κ1) is 23.0. The average molecular weight is 409 g/mol. The van der Waals surface area contributed by atoms with Crippen LogP contribution in [0.2, 0.25) is 0 Å². The van der Waals surface area contributed by atoms with E-state index in [0.717, 1.165) is 32.1 Å². The number of ether oxygens (including phenoxy) is 1. The molecular weight excluding hydrogens is 378 g/mol. The van der Waals surface area contributed by atoms with E-state index in [2.05, 4.69) is 20.7 Å². The molecule has 0 aromatic rings. The van der Waals surface area contributed by atoms with E-state index in [0.29, 0.717) is 0 Å². The van der Waals surface area contributed by atoms with Gasteiger partial charge < -0.3 is 20.5 Å². The van der Waals surface area contributed by atoms with E-state index in [1.165, 1.54) is 0 Å². The van der Waals surface area contributed by atoms with Crippen molar-refractivity contribution in [1.29, 1.82) is 0 Å². The van der Waals surface area contributed by atoms with Crippen molar-refractivity contribution in [3.8, 4) is 0 Å². The maximum absolute atomic E-state index is 13.3. The molecule has 2 aliphatic rings. The van der Waals surface area contributed by atoms with Gasteiger partial charge >= 0.3 is 12.1 Å². The van der Waals surface area contributed by atoms with Crippen molar-refractivity contribution >= 4 is 17.8 Å². The van der Waals surface area contributed by atoms with Crippen LogP contribution in [0, 0.1) is 11.8 Å². The smallest absolute Gasteiger partial charge is 0.408 e. The second-order valence-electron chi connectivity index (χ2n) is 8.85. The Labute approximate surface area is 170 Å². The molecule has 1 aliphatic heterocycles. The first-order valence-corrected chi connectivity index (χ1v) is 10.2. The molecule has 1 amide bonds. The minimum absolute atomic E-state index is 0.0202. The van der Waals surface area contributed by atoms with Gasteiger partial charge in [-0.25, -0.2) is 4.79 Å². The number of carboxylic acid groups (broad SMARTS) is 1. The number of amides is 1. The van der Waals surface area contributed by atoms with Crippen LogP contribution in [0.1, 0.15) is 59.3 Å². The van der Waals surface area contributed by atoms with Gasteiger partial charge in [-0.3, -0.25) is 9.59 Å². The number of ketones is 1. The van der Waals surface area contributed by atoms with E-state index in [1.54, 1.807) is 20.8 Å². The lowest BCUT2D eigenvalue weighted by molar-refractivity contribution is -0.139. The summed E-state index contributed by atoms with van der Waals surface area (Å²) < 4.78 is 5.31. The Morgan fingerprint density at radius 1 is 1.24 bits per heavy atom. The van der Waals surface area contributed by atoms with Crippen molar-refractivity contribution < 1.29 is 24.2 Å². The zero-order valence-electron chi connectivity index (χ0n) is 17.3. The fraction of sp³-hybridized carbons (Fsp3) is 0.842. The topological polar surface area (TPSA) is 153 Å². The number of aliphatic carboxylic acids is 1. The number of carbonyl (C=O) groups excluding carboxylic acids is 2. The molecular formula is C19H31N5O5. The average Bonchev–Trinajstić information content (AvgIpc) is 3.14. The highest BCUT2D eigenvalue weighted by Gasteiger charge is 2.42. The van der Waals surface area contributed by atoms with E-state index in [-0.39, 0.29) is 24.7 Å². The van der Waals surface area contributed by atoms with Gasteiger partial charge in [0.2, 0.25) is 0 Å². The SMILES string of the molecule is CC(C)(C)OC(=O)NC(C(=O)[C@@H]1CN[C@H](C(=O)O)C1)C(N=[N+]=[N-])C1CCCCC1. The Morgan fingerprint density at radius 2 is 1.90 bits per heavy atom. The normalized spacial score (nSPS) is 24.8. The minimum Gasteiger partial charge on any atom is -0.480 e. The van der Waals surface area contributed by atoms with Crippen LogP contribution in [-0.2, 0) is 14.3 Å². The van der Waals surface area contributed by atoms with E-state index in [9.17, 15) is 19.5 Å². The van der Waals surface area contributed by atoms with Gasteiger partial charge in [-0.15, -0.1) is 0 Å². The predicted octanol–water partition coefficient (Wildman–Crippen LogP) is 2.77.